The number of aromatic hydroxyl groups is 1. The fourth-order valence-electron chi connectivity index (χ4n) is 1.20. The number of nitro benzene ring substituents is 2. The summed E-state index contributed by atoms with van der Waals surface area (Å²) < 4.78 is 0. The molecular formula is C10H10N4O5. The van der Waals surface area contributed by atoms with Crippen molar-refractivity contribution in [2.75, 3.05) is 0 Å². The summed E-state index contributed by atoms with van der Waals surface area (Å²) in [5.41, 5.74) is -0.963. The number of aromatic amines is 1. The molecule has 0 fully saturated rings. The fourth-order valence-corrected chi connectivity index (χ4v) is 1.20. The Morgan fingerprint density at radius 2 is 1.95 bits per heavy atom. The van der Waals surface area contributed by atoms with Gasteiger partial charge >= 0.3 is 5.69 Å². The van der Waals surface area contributed by atoms with Crippen LogP contribution in [0.15, 0.2) is 30.6 Å². The lowest BCUT2D eigenvalue weighted by Gasteiger charge is -1.99. The van der Waals surface area contributed by atoms with Gasteiger partial charge in [-0.3, -0.25) is 25.3 Å². The van der Waals surface area contributed by atoms with Crippen molar-refractivity contribution in [1.29, 1.82) is 0 Å². The molecule has 0 saturated carbocycles. The van der Waals surface area contributed by atoms with Crippen LogP contribution in [0.25, 0.3) is 0 Å². The number of rotatable bonds is 2. The van der Waals surface area contributed by atoms with Crippen LogP contribution < -0.4 is 0 Å². The SMILES string of the molecule is Cc1cc([N+](=O)[O-])cc([N+](=O)[O-])c1O.c1cn[nH]c1. The molecule has 0 aliphatic heterocycles. The van der Waals surface area contributed by atoms with Crippen molar-refractivity contribution in [1.82, 2.24) is 10.2 Å². The van der Waals surface area contributed by atoms with Crippen LogP contribution >= 0.6 is 0 Å². The van der Waals surface area contributed by atoms with E-state index in [1.54, 1.807) is 12.4 Å². The molecule has 0 radical (unpaired) electrons. The van der Waals surface area contributed by atoms with E-state index >= 15 is 0 Å². The van der Waals surface area contributed by atoms with Gasteiger partial charge in [-0.1, -0.05) is 0 Å². The first-order chi connectivity index (χ1) is 8.93. The molecule has 1 aromatic carbocycles. The lowest BCUT2D eigenvalue weighted by molar-refractivity contribution is -0.394. The molecule has 0 amide bonds. The van der Waals surface area contributed by atoms with Gasteiger partial charge in [0.05, 0.1) is 15.9 Å². The topological polar surface area (TPSA) is 135 Å². The van der Waals surface area contributed by atoms with E-state index in [0.717, 1.165) is 12.1 Å². The van der Waals surface area contributed by atoms with Gasteiger partial charge in [-0.25, -0.2) is 0 Å². The van der Waals surface area contributed by atoms with Crippen molar-refractivity contribution < 1.29 is 15.0 Å². The summed E-state index contributed by atoms with van der Waals surface area (Å²) in [5.74, 6) is -0.541. The molecule has 0 unspecified atom stereocenters. The lowest BCUT2D eigenvalue weighted by Crippen LogP contribution is -1.94. The zero-order valence-electron chi connectivity index (χ0n) is 9.81. The molecule has 0 saturated heterocycles. The average Bonchev–Trinajstić information content (AvgIpc) is 2.90. The Hall–Kier alpha value is -2.97. The molecule has 19 heavy (non-hydrogen) atoms. The van der Waals surface area contributed by atoms with Crippen LogP contribution in [0, 0.1) is 27.2 Å². The summed E-state index contributed by atoms with van der Waals surface area (Å²) >= 11 is 0. The number of phenols is 1. The third-order valence-electron chi connectivity index (χ3n) is 2.08. The number of hydrogen-bond donors (Lipinski definition) is 2. The first kappa shape index (κ1) is 14.1. The van der Waals surface area contributed by atoms with Crippen molar-refractivity contribution in [3.05, 3.63) is 56.4 Å². The monoisotopic (exact) mass is 266 g/mol. The summed E-state index contributed by atoms with van der Waals surface area (Å²) in [6.45, 7) is 1.36. The summed E-state index contributed by atoms with van der Waals surface area (Å²) in [5, 5.41) is 36.1. The predicted octanol–water partition coefficient (Wildman–Crippen LogP) is 1.93. The molecule has 2 N–H and O–H groups in total. The number of benzene rings is 1. The van der Waals surface area contributed by atoms with E-state index in [1.807, 2.05) is 6.07 Å². The largest absolute Gasteiger partial charge is 0.502 e. The molecule has 0 spiro atoms. The first-order valence-electron chi connectivity index (χ1n) is 4.99. The minimum atomic E-state index is -0.866. The molecule has 100 valence electrons. The molecule has 0 aliphatic rings. The minimum absolute atomic E-state index is 0.103. The van der Waals surface area contributed by atoms with E-state index in [0.29, 0.717) is 0 Å². The number of nitro groups is 2. The van der Waals surface area contributed by atoms with Crippen molar-refractivity contribution in [3.63, 3.8) is 0 Å². The smallest absolute Gasteiger partial charge is 0.317 e. The van der Waals surface area contributed by atoms with Crippen LogP contribution in [0.3, 0.4) is 0 Å². The van der Waals surface area contributed by atoms with Gasteiger partial charge in [0.2, 0.25) is 0 Å². The van der Waals surface area contributed by atoms with Gasteiger partial charge in [0.25, 0.3) is 5.69 Å². The maximum absolute atomic E-state index is 10.4. The number of hydrogen-bond acceptors (Lipinski definition) is 6. The minimum Gasteiger partial charge on any atom is -0.502 e. The van der Waals surface area contributed by atoms with E-state index in [9.17, 15) is 25.3 Å². The average molecular weight is 266 g/mol. The van der Waals surface area contributed by atoms with Crippen LogP contribution in [0.5, 0.6) is 5.75 Å². The van der Waals surface area contributed by atoms with Crippen molar-refractivity contribution in [2.45, 2.75) is 6.92 Å². The van der Waals surface area contributed by atoms with E-state index in [-0.39, 0.29) is 5.56 Å². The highest BCUT2D eigenvalue weighted by atomic mass is 16.6. The second-order valence-electron chi connectivity index (χ2n) is 3.41. The van der Waals surface area contributed by atoms with E-state index in [1.165, 1.54) is 6.92 Å². The van der Waals surface area contributed by atoms with Gasteiger partial charge in [0.1, 0.15) is 0 Å². The Balaban J connectivity index is 0.000000300. The highest BCUT2D eigenvalue weighted by Crippen LogP contribution is 2.33. The number of H-pyrrole nitrogens is 1. The molecule has 2 aromatic rings. The van der Waals surface area contributed by atoms with Crippen molar-refractivity contribution >= 4 is 11.4 Å². The Morgan fingerprint density at radius 3 is 2.32 bits per heavy atom. The number of aryl methyl sites for hydroxylation is 1. The molecule has 1 heterocycles. The third-order valence-corrected chi connectivity index (χ3v) is 2.08. The van der Waals surface area contributed by atoms with Gasteiger partial charge in [0.15, 0.2) is 5.75 Å². The molecular weight excluding hydrogens is 256 g/mol. The van der Waals surface area contributed by atoms with Crippen LogP contribution in [-0.4, -0.2) is 25.2 Å². The highest BCUT2D eigenvalue weighted by molar-refractivity contribution is 5.57. The molecule has 0 bridgehead atoms. The van der Waals surface area contributed by atoms with Gasteiger partial charge in [-0.05, 0) is 13.0 Å². The third kappa shape index (κ3) is 3.77. The molecule has 1 aromatic heterocycles. The van der Waals surface area contributed by atoms with Crippen LogP contribution in [-0.2, 0) is 0 Å². The van der Waals surface area contributed by atoms with Crippen LogP contribution in [0.2, 0.25) is 0 Å². The van der Waals surface area contributed by atoms with Gasteiger partial charge in [-0.2, -0.15) is 5.10 Å². The Kier molecular flexibility index (Phi) is 4.52. The Morgan fingerprint density at radius 1 is 1.26 bits per heavy atom. The maximum Gasteiger partial charge on any atom is 0.317 e. The fraction of sp³-hybridized carbons (Fsp3) is 0.100. The molecule has 9 heteroatoms. The summed E-state index contributed by atoms with van der Waals surface area (Å²) in [6, 6.07) is 3.63. The number of nitrogens with one attached hydrogen (secondary N) is 1. The van der Waals surface area contributed by atoms with Crippen LogP contribution in [0.4, 0.5) is 11.4 Å². The van der Waals surface area contributed by atoms with Gasteiger partial charge in [-0.15, -0.1) is 0 Å². The normalized spacial score (nSPS) is 9.32. The summed E-state index contributed by atoms with van der Waals surface area (Å²) in [7, 11) is 0. The van der Waals surface area contributed by atoms with E-state index in [4.69, 9.17) is 0 Å². The second-order valence-corrected chi connectivity index (χ2v) is 3.41. The van der Waals surface area contributed by atoms with E-state index < -0.39 is 27.0 Å². The molecule has 2 rings (SSSR count). The zero-order valence-corrected chi connectivity index (χ0v) is 9.81. The second kappa shape index (κ2) is 6.10. The predicted molar refractivity (Wildman–Crippen MR) is 64.7 cm³/mol. The van der Waals surface area contributed by atoms with E-state index in [2.05, 4.69) is 10.2 Å². The quantitative estimate of drug-likeness (QED) is 0.629. The van der Waals surface area contributed by atoms with Crippen molar-refractivity contribution in [3.8, 4) is 5.75 Å². The lowest BCUT2D eigenvalue weighted by atomic mass is 10.1. The summed E-state index contributed by atoms with van der Waals surface area (Å²) in [6.07, 6.45) is 3.46. The molecule has 0 atom stereocenters. The highest BCUT2D eigenvalue weighted by Gasteiger charge is 2.21. The molecule has 0 aliphatic carbocycles. The number of phenolic OH excluding ortho intramolecular Hbond substituents is 1. The van der Waals surface area contributed by atoms with Crippen LogP contribution in [0.1, 0.15) is 5.56 Å². The number of aromatic nitrogens is 2. The zero-order chi connectivity index (χ0) is 14.4. The first-order valence-corrected chi connectivity index (χ1v) is 4.99. The number of nitrogens with zero attached hydrogens (tertiary/aromatic N) is 3. The number of non-ortho nitro benzene ring substituents is 1. The van der Waals surface area contributed by atoms with Crippen molar-refractivity contribution in [2.24, 2.45) is 0 Å². The standard InChI is InChI=1S/C7H6N2O5.C3H4N2/c1-4-2-5(8(11)12)3-6(7(4)10)9(13)14;1-2-4-5-3-1/h2-3,10H,1H3;1-3H,(H,4,5). The Labute approximate surface area is 106 Å². The molecule has 9 nitrogen and oxygen atoms in total. The Bertz CT molecular complexity index is 565. The summed E-state index contributed by atoms with van der Waals surface area (Å²) in [4.78, 5) is 19.1. The van der Waals surface area contributed by atoms with Gasteiger partial charge in [0, 0.05) is 24.0 Å². The maximum atomic E-state index is 10.4. The van der Waals surface area contributed by atoms with Gasteiger partial charge < -0.3 is 5.11 Å².